The Morgan fingerprint density at radius 1 is 1.29 bits per heavy atom. The Balaban J connectivity index is 1.73. The first-order valence-corrected chi connectivity index (χ1v) is 9.62. The number of carbonyl (C=O) groups is 2. The first kappa shape index (κ1) is 20.2. The van der Waals surface area contributed by atoms with Crippen molar-refractivity contribution in [3.05, 3.63) is 29.3 Å². The normalized spacial score (nSPS) is 17.4. The molecule has 2 heterocycles. The molecule has 1 aromatic carbocycles. The van der Waals surface area contributed by atoms with Crippen molar-refractivity contribution in [2.24, 2.45) is 0 Å². The van der Waals surface area contributed by atoms with Gasteiger partial charge in [0.05, 0.1) is 0 Å². The molecule has 150 valence electrons. The van der Waals surface area contributed by atoms with E-state index in [-0.39, 0.29) is 6.54 Å². The molecule has 2 amide bonds. The van der Waals surface area contributed by atoms with E-state index < -0.39 is 30.5 Å². The van der Waals surface area contributed by atoms with Crippen LogP contribution >= 0.6 is 11.3 Å². The van der Waals surface area contributed by atoms with Gasteiger partial charge in [-0.2, -0.15) is 13.2 Å². The Bertz CT molecular complexity index is 869. The lowest BCUT2D eigenvalue weighted by Gasteiger charge is -2.35. The summed E-state index contributed by atoms with van der Waals surface area (Å²) in [6.45, 7) is 1.99. The fourth-order valence-electron chi connectivity index (χ4n) is 3.14. The number of benzene rings is 1. The average Bonchev–Trinajstić information content (AvgIpc) is 3.07. The standard InChI is InChI=1S/C18H19F3N4O2S/c1-11-23-24-17(28-11)12-5-4-6-13(9-12)22-16(27)14-7-2-3-8-25(14)15(26)10-18(19,20)21/h4-6,9,14H,2-3,7-8,10H2,1H3,(H,22,27)/t14-/m1/s1. The predicted molar refractivity (Wildman–Crippen MR) is 98.7 cm³/mol. The molecule has 1 aromatic heterocycles. The van der Waals surface area contributed by atoms with E-state index in [0.717, 1.165) is 15.5 Å². The third-order valence-corrected chi connectivity index (χ3v) is 5.27. The Kier molecular flexibility index (Phi) is 5.97. The van der Waals surface area contributed by atoms with Crippen molar-refractivity contribution >= 4 is 28.8 Å². The van der Waals surface area contributed by atoms with Crippen LogP contribution in [0, 0.1) is 6.92 Å². The maximum atomic E-state index is 12.7. The minimum absolute atomic E-state index is 0.150. The smallest absolute Gasteiger partial charge is 0.330 e. The van der Waals surface area contributed by atoms with Crippen LogP contribution in [-0.4, -0.2) is 45.7 Å². The number of nitrogens with one attached hydrogen (secondary N) is 1. The lowest BCUT2D eigenvalue weighted by molar-refractivity contribution is -0.165. The van der Waals surface area contributed by atoms with Gasteiger partial charge in [0.1, 0.15) is 22.5 Å². The van der Waals surface area contributed by atoms with E-state index in [9.17, 15) is 22.8 Å². The summed E-state index contributed by atoms with van der Waals surface area (Å²) in [5.74, 6) is -1.55. The van der Waals surface area contributed by atoms with Crippen molar-refractivity contribution in [2.45, 2.75) is 44.8 Å². The topological polar surface area (TPSA) is 75.2 Å². The number of amides is 2. The Hall–Kier alpha value is -2.49. The van der Waals surface area contributed by atoms with Gasteiger partial charge in [0.15, 0.2) is 0 Å². The van der Waals surface area contributed by atoms with Gasteiger partial charge in [0.2, 0.25) is 11.8 Å². The zero-order valence-corrected chi connectivity index (χ0v) is 15.9. The molecular weight excluding hydrogens is 393 g/mol. The van der Waals surface area contributed by atoms with E-state index in [2.05, 4.69) is 15.5 Å². The largest absolute Gasteiger partial charge is 0.397 e. The monoisotopic (exact) mass is 412 g/mol. The van der Waals surface area contributed by atoms with Crippen LogP contribution in [0.1, 0.15) is 30.7 Å². The van der Waals surface area contributed by atoms with E-state index in [1.165, 1.54) is 11.3 Å². The number of alkyl halides is 3. The Morgan fingerprint density at radius 2 is 2.07 bits per heavy atom. The highest BCUT2D eigenvalue weighted by atomic mass is 32.1. The Morgan fingerprint density at radius 3 is 2.75 bits per heavy atom. The highest BCUT2D eigenvalue weighted by Gasteiger charge is 2.38. The van der Waals surface area contributed by atoms with Gasteiger partial charge in [-0.1, -0.05) is 23.5 Å². The van der Waals surface area contributed by atoms with Crippen LogP contribution in [0.4, 0.5) is 18.9 Å². The number of aryl methyl sites for hydroxylation is 1. The molecule has 1 aliphatic heterocycles. The fraction of sp³-hybridized carbons (Fsp3) is 0.444. The molecule has 0 aliphatic carbocycles. The third kappa shape index (κ3) is 5.06. The molecule has 1 fully saturated rings. The van der Waals surface area contributed by atoms with Gasteiger partial charge in [-0.25, -0.2) is 0 Å². The molecule has 0 saturated carbocycles. The summed E-state index contributed by atoms with van der Waals surface area (Å²) in [6, 6.07) is 6.07. The van der Waals surface area contributed by atoms with Crippen molar-refractivity contribution in [1.29, 1.82) is 0 Å². The number of likely N-dealkylation sites (tertiary alicyclic amines) is 1. The van der Waals surface area contributed by atoms with Crippen LogP contribution in [0.5, 0.6) is 0 Å². The second-order valence-corrected chi connectivity index (χ2v) is 7.77. The van der Waals surface area contributed by atoms with Crippen LogP contribution in [0.25, 0.3) is 10.6 Å². The minimum Gasteiger partial charge on any atom is -0.330 e. The molecule has 0 spiro atoms. The van der Waals surface area contributed by atoms with Gasteiger partial charge < -0.3 is 10.2 Å². The number of hydrogen-bond donors (Lipinski definition) is 1. The molecule has 6 nitrogen and oxygen atoms in total. The summed E-state index contributed by atoms with van der Waals surface area (Å²) >= 11 is 1.41. The Labute approximate surface area is 163 Å². The van der Waals surface area contributed by atoms with Crippen molar-refractivity contribution < 1.29 is 22.8 Å². The number of aromatic nitrogens is 2. The highest BCUT2D eigenvalue weighted by Crippen LogP contribution is 2.27. The molecular formula is C18H19F3N4O2S. The molecule has 3 rings (SSSR count). The van der Waals surface area contributed by atoms with Gasteiger partial charge in [-0.05, 0) is 38.3 Å². The van der Waals surface area contributed by atoms with Gasteiger partial charge >= 0.3 is 6.18 Å². The number of hydrogen-bond acceptors (Lipinski definition) is 5. The zero-order valence-electron chi connectivity index (χ0n) is 15.1. The van der Waals surface area contributed by atoms with E-state index in [0.29, 0.717) is 30.0 Å². The van der Waals surface area contributed by atoms with Gasteiger partial charge in [0.25, 0.3) is 0 Å². The summed E-state index contributed by atoms with van der Waals surface area (Å²) in [4.78, 5) is 25.8. The first-order valence-electron chi connectivity index (χ1n) is 8.80. The molecule has 2 aromatic rings. The van der Waals surface area contributed by atoms with Crippen LogP contribution in [0.15, 0.2) is 24.3 Å². The van der Waals surface area contributed by atoms with Crippen molar-refractivity contribution in [2.75, 3.05) is 11.9 Å². The van der Waals surface area contributed by atoms with Crippen LogP contribution < -0.4 is 5.32 Å². The molecule has 0 bridgehead atoms. The number of nitrogens with zero attached hydrogens (tertiary/aromatic N) is 3. The van der Waals surface area contributed by atoms with E-state index in [1.807, 2.05) is 13.0 Å². The molecule has 0 unspecified atom stereocenters. The van der Waals surface area contributed by atoms with Gasteiger partial charge in [-0.3, -0.25) is 9.59 Å². The molecule has 10 heteroatoms. The first-order chi connectivity index (χ1) is 13.2. The lowest BCUT2D eigenvalue weighted by Crippen LogP contribution is -2.50. The second-order valence-electron chi connectivity index (χ2n) is 6.59. The predicted octanol–water partition coefficient (Wildman–Crippen LogP) is 3.79. The van der Waals surface area contributed by atoms with Crippen LogP contribution in [-0.2, 0) is 9.59 Å². The SMILES string of the molecule is Cc1nnc(-c2cccc(NC(=O)[C@H]3CCCCN3C(=O)CC(F)(F)F)c2)s1. The summed E-state index contributed by atoms with van der Waals surface area (Å²) in [5.41, 5.74) is 1.26. The quantitative estimate of drug-likeness (QED) is 0.829. The van der Waals surface area contributed by atoms with E-state index in [1.54, 1.807) is 18.2 Å². The molecule has 1 N–H and O–H groups in total. The average molecular weight is 412 g/mol. The van der Waals surface area contributed by atoms with Gasteiger partial charge in [0, 0.05) is 17.8 Å². The molecule has 28 heavy (non-hydrogen) atoms. The summed E-state index contributed by atoms with van der Waals surface area (Å²) in [6.07, 6.45) is -4.55. The van der Waals surface area contributed by atoms with E-state index in [4.69, 9.17) is 0 Å². The summed E-state index contributed by atoms with van der Waals surface area (Å²) in [5, 5.41) is 12.3. The van der Waals surface area contributed by atoms with Crippen molar-refractivity contribution in [3.8, 4) is 10.6 Å². The number of piperidine rings is 1. The molecule has 1 saturated heterocycles. The summed E-state index contributed by atoms with van der Waals surface area (Å²) in [7, 11) is 0. The molecule has 1 atom stereocenters. The lowest BCUT2D eigenvalue weighted by atomic mass is 10.0. The minimum atomic E-state index is -4.59. The zero-order chi connectivity index (χ0) is 20.3. The van der Waals surface area contributed by atoms with Crippen molar-refractivity contribution in [3.63, 3.8) is 0 Å². The third-order valence-electron chi connectivity index (χ3n) is 4.38. The van der Waals surface area contributed by atoms with E-state index >= 15 is 0 Å². The summed E-state index contributed by atoms with van der Waals surface area (Å²) < 4.78 is 37.8. The number of anilines is 1. The number of carbonyl (C=O) groups excluding carboxylic acids is 2. The highest BCUT2D eigenvalue weighted by molar-refractivity contribution is 7.14. The van der Waals surface area contributed by atoms with Crippen molar-refractivity contribution in [1.82, 2.24) is 15.1 Å². The maximum absolute atomic E-state index is 12.7. The number of rotatable bonds is 4. The number of halogens is 3. The van der Waals surface area contributed by atoms with Crippen LogP contribution in [0.2, 0.25) is 0 Å². The molecule has 0 radical (unpaired) electrons. The molecule has 1 aliphatic rings. The maximum Gasteiger partial charge on any atom is 0.397 e. The van der Waals surface area contributed by atoms with Gasteiger partial charge in [-0.15, -0.1) is 10.2 Å². The second kappa shape index (κ2) is 8.26. The fourth-order valence-corrected chi connectivity index (χ4v) is 3.83. The van der Waals surface area contributed by atoms with Crippen LogP contribution in [0.3, 0.4) is 0 Å².